The van der Waals surface area contributed by atoms with Crippen LogP contribution in [0.3, 0.4) is 0 Å². The molecule has 1 aliphatic rings. The van der Waals surface area contributed by atoms with Crippen molar-refractivity contribution in [3.8, 4) is 5.75 Å². The van der Waals surface area contributed by atoms with Gasteiger partial charge in [-0.05, 0) is 23.8 Å². The van der Waals surface area contributed by atoms with Crippen LogP contribution in [0.25, 0.3) is 0 Å². The first-order valence-electron chi connectivity index (χ1n) is 8.37. The topological polar surface area (TPSA) is 88.1 Å². The summed E-state index contributed by atoms with van der Waals surface area (Å²) in [5.74, 6) is 0.509. The van der Waals surface area contributed by atoms with Gasteiger partial charge < -0.3 is 4.74 Å². The molecule has 0 radical (unpaired) electrons. The summed E-state index contributed by atoms with van der Waals surface area (Å²) in [4.78, 5) is 12.2. The van der Waals surface area contributed by atoms with Crippen LogP contribution in [0.5, 0.6) is 5.75 Å². The van der Waals surface area contributed by atoms with Crippen molar-refractivity contribution in [2.75, 3.05) is 18.1 Å². The van der Waals surface area contributed by atoms with E-state index < -0.39 is 10.0 Å². The molecule has 0 bridgehead atoms. The minimum Gasteiger partial charge on any atom is -0.497 e. The Labute approximate surface area is 158 Å². The molecule has 1 heterocycles. The van der Waals surface area contributed by atoms with E-state index in [1.54, 1.807) is 25.3 Å². The number of nitrogens with zero attached hydrogens (tertiary/aromatic N) is 2. The first-order chi connectivity index (χ1) is 12.8. The molecule has 0 aromatic heterocycles. The largest absolute Gasteiger partial charge is 0.497 e. The van der Waals surface area contributed by atoms with Gasteiger partial charge in [-0.1, -0.05) is 30.3 Å². The van der Waals surface area contributed by atoms with Crippen LogP contribution in [0.2, 0.25) is 0 Å². The second-order valence-electron chi connectivity index (χ2n) is 6.33. The molecule has 0 aliphatic carbocycles. The fourth-order valence-corrected chi connectivity index (χ4v) is 3.67. The van der Waals surface area contributed by atoms with E-state index in [-0.39, 0.29) is 11.9 Å². The number of anilines is 1. The second-order valence-corrected chi connectivity index (χ2v) is 8.08. The minimum atomic E-state index is -3.44. The van der Waals surface area contributed by atoms with Crippen LogP contribution in [0.4, 0.5) is 5.69 Å². The highest BCUT2D eigenvalue weighted by molar-refractivity contribution is 7.92. The van der Waals surface area contributed by atoms with Gasteiger partial charge in [-0.15, -0.1) is 0 Å². The maximum absolute atomic E-state index is 12.2. The number of nitrogens with one attached hydrogen (secondary N) is 1. The number of rotatable bonds is 5. The molecule has 8 heteroatoms. The van der Waals surface area contributed by atoms with Crippen LogP contribution in [0.1, 0.15) is 30.5 Å². The Kier molecular flexibility index (Phi) is 5.18. The van der Waals surface area contributed by atoms with Gasteiger partial charge in [-0.2, -0.15) is 5.10 Å². The Morgan fingerprint density at radius 3 is 2.63 bits per heavy atom. The van der Waals surface area contributed by atoms with Gasteiger partial charge in [0.15, 0.2) is 0 Å². The molecule has 0 fully saturated rings. The summed E-state index contributed by atoms with van der Waals surface area (Å²) in [6.45, 7) is 1.46. The monoisotopic (exact) mass is 387 g/mol. The van der Waals surface area contributed by atoms with E-state index >= 15 is 0 Å². The molecule has 2 aromatic rings. The third kappa shape index (κ3) is 4.28. The SMILES string of the molecule is COc1cccc([C@@H]2CC(c3ccccc3NS(C)(=O)=O)=NN2C(C)=O)c1. The maximum Gasteiger partial charge on any atom is 0.240 e. The Bertz CT molecular complexity index is 1000. The van der Waals surface area contributed by atoms with Crippen molar-refractivity contribution >= 4 is 27.3 Å². The van der Waals surface area contributed by atoms with Gasteiger partial charge in [0, 0.05) is 18.9 Å². The highest BCUT2D eigenvalue weighted by Crippen LogP contribution is 2.35. The van der Waals surface area contributed by atoms with E-state index in [0.717, 1.165) is 11.8 Å². The third-order valence-electron chi connectivity index (χ3n) is 4.24. The van der Waals surface area contributed by atoms with Crippen molar-refractivity contribution < 1.29 is 17.9 Å². The first-order valence-corrected chi connectivity index (χ1v) is 10.3. The number of hydrogen-bond acceptors (Lipinski definition) is 5. The highest BCUT2D eigenvalue weighted by atomic mass is 32.2. The van der Waals surface area contributed by atoms with E-state index in [1.807, 2.05) is 30.3 Å². The molecular formula is C19H21N3O4S. The van der Waals surface area contributed by atoms with Crippen molar-refractivity contribution in [2.24, 2.45) is 5.10 Å². The quantitative estimate of drug-likeness (QED) is 0.854. The summed E-state index contributed by atoms with van der Waals surface area (Å²) in [5.41, 5.74) is 2.63. The van der Waals surface area contributed by atoms with Crippen LogP contribution in [-0.4, -0.2) is 38.4 Å². The summed E-state index contributed by atoms with van der Waals surface area (Å²) in [5, 5.41) is 5.92. The zero-order valence-electron chi connectivity index (χ0n) is 15.3. The number of para-hydroxylation sites is 1. The average molecular weight is 387 g/mol. The van der Waals surface area contributed by atoms with Gasteiger partial charge in [0.2, 0.25) is 15.9 Å². The molecule has 1 N–H and O–H groups in total. The van der Waals surface area contributed by atoms with Crippen LogP contribution in [0, 0.1) is 0 Å². The van der Waals surface area contributed by atoms with Gasteiger partial charge in [0.1, 0.15) is 5.75 Å². The maximum atomic E-state index is 12.2. The van der Waals surface area contributed by atoms with Gasteiger partial charge >= 0.3 is 0 Å². The average Bonchev–Trinajstić information content (AvgIpc) is 3.06. The van der Waals surface area contributed by atoms with Gasteiger partial charge in [0.25, 0.3) is 0 Å². The number of benzene rings is 2. The predicted octanol–water partition coefficient (Wildman–Crippen LogP) is 2.76. The van der Waals surface area contributed by atoms with Crippen molar-refractivity contribution in [1.82, 2.24) is 5.01 Å². The van der Waals surface area contributed by atoms with Crippen molar-refractivity contribution in [3.05, 3.63) is 59.7 Å². The Morgan fingerprint density at radius 2 is 1.96 bits per heavy atom. The molecule has 1 atom stereocenters. The van der Waals surface area contributed by atoms with E-state index in [1.165, 1.54) is 11.9 Å². The number of ether oxygens (including phenoxy) is 1. The van der Waals surface area contributed by atoms with Crippen molar-refractivity contribution in [2.45, 2.75) is 19.4 Å². The normalized spacial score (nSPS) is 16.8. The second kappa shape index (κ2) is 7.40. The lowest BCUT2D eigenvalue weighted by Gasteiger charge is -2.20. The molecule has 0 unspecified atom stereocenters. The summed E-state index contributed by atoms with van der Waals surface area (Å²) < 4.78 is 31.1. The summed E-state index contributed by atoms with van der Waals surface area (Å²) in [7, 11) is -1.85. The number of sulfonamides is 1. The zero-order chi connectivity index (χ0) is 19.6. The summed E-state index contributed by atoms with van der Waals surface area (Å²) in [6, 6.07) is 14.2. The number of carbonyl (C=O) groups is 1. The van der Waals surface area contributed by atoms with Gasteiger partial charge in [-0.25, -0.2) is 13.4 Å². The van der Waals surface area contributed by atoms with Gasteiger partial charge in [0.05, 0.1) is 30.8 Å². The molecule has 0 saturated carbocycles. The lowest BCUT2D eigenvalue weighted by atomic mass is 9.97. The Hall–Kier alpha value is -2.87. The molecular weight excluding hydrogens is 366 g/mol. The van der Waals surface area contributed by atoms with Gasteiger partial charge in [-0.3, -0.25) is 9.52 Å². The molecule has 0 saturated heterocycles. The van der Waals surface area contributed by atoms with Crippen LogP contribution >= 0.6 is 0 Å². The minimum absolute atomic E-state index is 0.189. The fraction of sp³-hybridized carbons (Fsp3) is 0.263. The predicted molar refractivity (Wildman–Crippen MR) is 104 cm³/mol. The molecule has 3 rings (SSSR count). The molecule has 7 nitrogen and oxygen atoms in total. The number of methoxy groups -OCH3 is 1. The fourth-order valence-electron chi connectivity index (χ4n) is 3.10. The van der Waals surface area contributed by atoms with E-state index in [2.05, 4.69) is 9.82 Å². The lowest BCUT2D eigenvalue weighted by molar-refractivity contribution is -0.130. The standard InChI is InChI=1S/C19H21N3O4S/c1-13(23)22-19(14-7-6-8-15(11-14)26-2)12-18(20-22)16-9-4-5-10-17(16)21-27(3,24)25/h4-11,19,21H,12H2,1-3H3/t19-/m0/s1. The van der Waals surface area contributed by atoms with E-state index in [4.69, 9.17) is 4.74 Å². The highest BCUT2D eigenvalue weighted by Gasteiger charge is 2.32. The van der Waals surface area contributed by atoms with Crippen LogP contribution in [0.15, 0.2) is 53.6 Å². The van der Waals surface area contributed by atoms with Crippen LogP contribution < -0.4 is 9.46 Å². The van der Waals surface area contributed by atoms with Crippen LogP contribution in [-0.2, 0) is 14.8 Å². The smallest absolute Gasteiger partial charge is 0.240 e. The molecule has 2 aromatic carbocycles. The van der Waals surface area contributed by atoms with E-state index in [0.29, 0.717) is 29.1 Å². The summed E-state index contributed by atoms with van der Waals surface area (Å²) in [6.07, 6.45) is 1.57. The Balaban J connectivity index is 1.99. The molecule has 0 spiro atoms. The lowest BCUT2D eigenvalue weighted by Crippen LogP contribution is -2.24. The summed E-state index contributed by atoms with van der Waals surface area (Å²) >= 11 is 0. The number of hydrazone groups is 1. The van der Waals surface area contributed by atoms with Crippen molar-refractivity contribution in [3.63, 3.8) is 0 Å². The molecule has 1 aliphatic heterocycles. The zero-order valence-corrected chi connectivity index (χ0v) is 16.2. The number of hydrogen-bond donors (Lipinski definition) is 1. The van der Waals surface area contributed by atoms with E-state index in [9.17, 15) is 13.2 Å². The third-order valence-corrected chi connectivity index (χ3v) is 4.84. The Morgan fingerprint density at radius 1 is 1.22 bits per heavy atom. The number of amides is 1. The molecule has 1 amide bonds. The van der Waals surface area contributed by atoms with Crippen molar-refractivity contribution in [1.29, 1.82) is 0 Å². The molecule has 27 heavy (non-hydrogen) atoms. The molecule has 142 valence electrons. The number of carbonyl (C=O) groups excluding carboxylic acids is 1. The first kappa shape index (κ1) is 18.9.